The van der Waals surface area contributed by atoms with Crippen LogP contribution >= 0.6 is 11.6 Å². The molecule has 0 unspecified atom stereocenters. The van der Waals surface area contributed by atoms with Gasteiger partial charge in [0.15, 0.2) is 0 Å². The van der Waals surface area contributed by atoms with E-state index in [1.165, 1.54) is 6.21 Å². The fourth-order valence-electron chi connectivity index (χ4n) is 1.26. The molecule has 0 fully saturated rings. The van der Waals surface area contributed by atoms with Crippen LogP contribution in [0, 0.1) is 0 Å². The van der Waals surface area contributed by atoms with Crippen molar-refractivity contribution in [3.63, 3.8) is 0 Å². The van der Waals surface area contributed by atoms with Crippen LogP contribution in [0.5, 0.6) is 0 Å². The van der Waals surface area contributed by atoms with Crippen molar-refractivity contribution in [2.45, 2.75) is 0 Å². The highest BCUT2D eigenvalue weighted by Gasteiger charge is 1.98. The van der Waals surface area contributed by atoms with E-state index in [1.807, 2.05) is 18.2 Å². The van der Waals surface area contributed by atoms with Gasteiger partial charge in [0, 0.05) is 15.9 Å². The second-order valence-corrected chi connectivity index (χ2v) is 3.14. The summed E-state index contributed by atoms with van der Waals surface area (Å²) in [5, 5.41) is 13.0. The van der Waals surface area contributed by atoms with Crippen molar-refractivity contribution in [1.82, 2.24) is 4.98 Å². The number of fused-ring (bicyclic) bond motifs is 1. The Labute approximate surface area is 79.6 Å². The molecule has 0 aliphatic rings. The number of H-pyrrole nitrogens is 1. The van der Waals surface area contributed by atoms with Gasteiger partial charge in [-0.15, -0.1) is 0 Å². The van der Waals surface area contributed by atoms with Crippen molar-refractivity contribution >= 4 is 28.7 Å². The molecule has 66 valence electrons. The Hall–Kier alpha value is -1.48. The highest BCUT2D eigenvalue weighted by atomic mass is 35.5. The van der Waals surface area contributed by atoms with Crippen LogP contribution in [0.2, 0.25) is 5.02 Å². The van der Waals surface area contributed by atoms with Gasteiger partial charge in [-0.2, -0.15) is 0 Å². The lowest BCUT2D eigenvalue weighted by atomic mass is 10.2. The van der Waals surface area contributed by atoms with E-state index in [1.54, 1.807) is 6.07 Å². The second kappa shape index (κ2) is 3.11. The Morgan fingerprint density at radius 3 is 3.00 bits per heavy atom. The van der Waals surface area contributed by atoms with Crippen LogP contribution in [0.25, 0.3) is 10.9 Å². The molecule has 0 amide bonds. The van der Waals surface area contributed by atoms with Gasteiger partial charge < -0.3 is 10.2 Å². The van der Waals surface area contributed by atoms with E-state index in [-0.39, 0.29) is 0 Å². The molecule has 4 heteroatoms. The molecule has 0 spiro atoms. The predicted molar refractivity (Wildman–Crippen MR) is 52.7 cm³/mol. The number of aromatic nitrogens is 1. The zero-order chi connectivity index (χ0) is 9.26. The number of aromatic amines is 1. The maximum absolute atomic E-state index is 8.32. The van der Waals surface area contributed by atoms with Gasteiger partial charge in [-0.25, -0.2) is 0 Å². The van der Waals surface area contributed by atoms with E-state index in [2.05, 4.69) is 10.1 Å². The van der Waals surface area contributed by atoms with Gasteiger partial charge in [0.1, 0.15) is 0 Å². The molecule has 1 aromatic carbocycles. The summed E-state index contributed by atoms with van der Waals surface area (Å²) in [7, 11) is 0. The lowest BCUT2D eigenvalue weighted by Gasteiger charge is -1.88. The number of rotatable bonds is 1. The first-order valence-electron chi connectivity index (χ1n) is 3.75. The summed E-state index contributed by atoms with van der Waals surface area (Å²) in [5.41, 5.74) is 1.72. The standard InChI is InChI=1S/C9H7ClN2O/c10-7-1-2-9-6(3-7)4-8(12-9)5-11-13/h1-5,12-13H. The van der Waals surface area contributed by atoms with Crippen molar-refractivity contribution in [1.29, 1.82) is 0 Å². The van der Waals surface area contributed by atoms with Crippen LogP contribution in [-0.4, -0.2) is 16.4 Å². The van der Waals surface area contributed by atoms with Crippen LogP contribution in [0.1, 0.15) is 5.69 Å². The molecule has 0 radical (unpaired) electrons. The largest absolute Gasteiger partial charge is 0.411 e. The van der Waals surface area contributed by atoms with E-state index in [9.17, 15) is 0 Å². The van der Waals surface area contributed by atoms with Gasteiger partial charge >= 0.3 is 0 Å². The first-order valence-corrected chi connectivity index (χ1v) is 4.13. The highest BCUT2D eigenvalue weighted by molar-refractivity contribution is 6.31. The van der Waals surface area contributed by atoms with E-state index >= 15 is 0 Å². The number of nitrogens with zero attached hydrogens (tertiary/aromatic N) is 1. The van der Waals surface area contributed by atoms with Gasteiger partial charge in [0.2, 0.25) is 0 Å². The maximum Gasteiger partial charge on any atom is 0.0896 e. The van der Waals surface area contributed by atoms with Gasteiger partial charge in [-0.1, -0.05) is 16.8 Å². The number of oxime groups is 1. The molecule has 2 aromatic rings. The molecule has 1 heterocycles. The summed E-state index contributed by atoms with van der Waals surface area (Å²) in [6.45, 7) is 0. The van der Waals surface area contributed by atoms with Gasteiger partial charge in [0.05, 0.1) is 11.9 Å². The van der Waals surface area contributed by atoms with Gasteiger partial charge in [-0.3, -0.25) is 0 Å². The molecule has 0 atom stereocenters. The molecule has 2 N–H and O–H groups in total. The molecule has 0 saturated heterocycles. The molecule has 0 aliphatic carbocycles. The Morgan fingerprint density at radius 1 is 1.38 bits per heavy atom. The fourth-order valence-corrected chi connectivity index (χ4v) is 1.44. The minimum atomic E-state index is 0.694. The van der Waals surface area contributed by atoms with E-state index < -0.39 is 0 Å². The molecule has 0 aliphatic heterocycles. The third-order valence-corrected chi connectivity index (χ3v) is 2.04. The van der Waals surface area contributed by atoms with Crippen molar-refractivity contribution in [3.8, 4) is 0 Å². The van der Waals surface area contributed by atoms with Crippen LogP contribution in [0.15, 0.2) is 29.4 Å². The van der Waals surface area contributed by atoms with Crippen molar-refractivity contribution in [2.24, 2.45) is 5.16 Å². The minimum Gasteiger partial charge on any atom is -0.411 e. The summed E-state index contributed by atoms with van der Waals surface area (Å²) in [4.78, 5) is 3.06. The SMILES string of the molecule is ON=Cc1cc2cc(Cl)ccc2[nH]1. The number of nitrogens with one attached hydrogen (secondary N) is 1. The smallest absolute Gasteiger partial charge is 0.0896 e. The monoisotopic (exact) mass is 194 g/mol. The van der Waals surface area contributed by atoms with Crippen molar-refractivity contribution in [2.75, 3.05) is 0 Å². The van der Waals surface area contributed by atoms with Gasteiger partial charge in [-0.05, 0) is 24.3 Å². The van der Waals surface area contributed by atoms with E-state index in [4.69, 9.17) is 16.8 Å². The lowest BCUT2D eigenvalue weighted by Crippen LogP contribution is -1.77. The Morgan fingerprint density at radius 2 is 2.23 bits per heavy atom. The molecule has 13 heavy (non-hydrogen) atoms. The maximum atomic E-state index is 8.32. The quantitative estimate of drug-likeness (QED) is 0.409. The minimum absolute atomic E-state index is 0.694. The van der Waals surface area contributed by atoms with E-state index in [0.29, 0.717) is 5.02 Å². The Bertz CT molecular complexity index is 462. The molecular weight excluding hydrogens is 188 g/mol. The fraction of sp³-hybridized carbons (Fsp3) is 0. The first kappa shape index (κ1) is 8.13. The molecule has 0 saturated carbocycles. The molecule has 0 bridgehead atoms. The summed E-state index contributed by atoms with van der Waals surface area (Å²) >= 11 is 5.81. The average Bonchev–Trinajstić information content (AvgIpc) is 2.46. The average molecular weight is 195 g/mol. The van der Waals surface area contributed by atoms with Crippen LogP contribution in [0.3, 0.4) is 0 Å². The highest BCUT2D eigenvalue weighted by Crippen LogP contribution is 2.19. The zero-order valence-corrected chi connectivity index (χ0v) is 7.42. The third-order valence-electron chi connectivity index (χ3n) is 1.80. The normalized spacial score (nSPS) is 11.5. The molecular formula is C9H7ClN2O. The summed E-state index contributed by atoms with van der Waals surface area (Å²) in [6.07, 6.45) is 1.34. The number of hydrogen-bond acceptors (Lipinski definition) is 2. The lowest BCUT2D eigenvalue weighted by molar-refractivity contribution is 0.321. The Balaban J connectivity index is 2.62. The second-order valence-electron chi connectivity index (χ2n) is 2.70. The first-order chi connectivity index (χ1) is 6.29. The van der Waals surface area contributed by atoms with Crippen LogP contribution in [0.4, 0.5) is 0 Å². The van der Waals surface area contributed by atoms with Crippen molar-refractivity contribution in [3.05, 3.63) is 35.0 Å². The molecule has 2 rings (SSSR count). The number of benzene rings is 1. The molecule has 3 nitrogen and oxygen atoms in total. The number of hydrogen-bond donors (Lipinski definition) is 2. The van der Waals surface area contributed by atoms with Crippen molar-refractivity contribution < 1.29 is 5.21 Å². The zero-order valence-electron chi connectivity index (χ0n) is 6.66. The summed E-state index contributed by atoms with van der Waals surface area (Å²) in [6, 6.07) is 7.40. The van der Waals surface area contributed by atoms with E-state index in [0.717, 1.165) is 16.6 Å². The summed E-state index contributed by atoms with van der Waals surface area (Å²) < 4.78 is 0. The third kappa shape index (κ3) is 1.51. The topological polar surface area (TPSA) is 48.4 Å². The predicted octanol–water partition coefficient (Wildman–Crippen LogP) is 2.63. The van der Waals surface area contributed by atoms with Crippen LogP contribution < -0.4 is 0 Å². The van der Waals surface area contributed by atoms with Crippen LogP contribution in [-0.2, 0) is 0 Å². The Kier molecular flexibility index (Phi) is 1.94. The number of halogens is 1. The van der Waals surface area contributed by atoms with Gasteiger partial charge in [0.25, 0.3) is 0 Å². The molecule has 1 aromatic heterocycles. The summed E-state index contributed by atoms with van der Waals surface area (Å²) in [5.74, 6) is 0.